The van der Waals surface area contributed by atoms with Crippen LogP contribution in [0.2, 0.25) is 0 Å². The zero-order chi connectivity index (χ0) is 37.5. The summed E-state index contributed by atoms with van der Waals surface area (Å²) < 4.78 is 10.7. The van der Waals surface area contributed by atoms with Crippen LogP contribution in [0.3, 0.4) is 0 Å². The van der Waals surface area contributed by atoms with E-state index in [9.17, 15) is 0 Å². The van der Waals surface area contributed by atoms with Crippen LogP contribution in [0, 0.1) is 0 Å². The molecule has 0 aliphatic heterocycles. The number of aromatic nitrogens is 5. The first-order chi connectivity index (χ1) is 28.3. The smallest absolute Gasteiger partial charge is 0.238 e. The maximum atomic E-state index is 6.23. The summed E-state index contributed by atoms with van der Waals surface area (Å²) in [5.74, 6) is 1.74. The SMILES string of the molecule is c1ccc(-n2c3ccccc3c3ccccc32)c(-c2nc(-c3ccc(-c4cccc5oc6ccccc6c45)cc3)nc(-n3c4ccccc4c4ccccc43)n2)c1. The topological polar surface area (TPSA) is 61.7 Å². The lowest BCUT2D eigenvalue weighted by Gasteiger charge is -2.15. The normalized spacial score (nSPS) is 11.9. The van der Waals surface area contributed by atoms with Crippen molar-refractivity contribution >= 4 is 65.6 Å². The molecule has 266 valence electrons. The van der Waals surface area contributed by atoms with Gasteiger partial charge in [-0.05, 0) is 59.7 Å². The Morgan fingerprint density at radius 2 is 0.807 bits per heavy atom. The van der Waals surface area contributed by atoms with E-state index in [0.29, 0.717) is 17.6 Å². The first-order valence-corrected chi connectivity index (χ1v) is 19.1. The molecule has 0 radical (unpaired) electrons. The molecule has 57 heavy (non-hydrogen) atoms. The number of furan rings is 1. The van der Waals surface area contributed by atoms with Crippen LogP contribution in [0.15, 0.2) is 192 Å². The summed E-state index contributed by atoms with van der Waals surface area (Å²) in [6, 6.07) is 65.5. The Labute approximate surface area is 326 Å². The lowest BCUT2D eigenvalue weighted by Crippen LogP contribution is -2.07. The fourth-order valence-electron chi connectivity index (χ4n) is 8.71. The number of para-hydroxylation sites is 6. The van der Waals surface area contributed by atoms with Gasteiger partial charge >= 0.3 is 0 Å². The van der Waals surface area contributed by atoms with Gasteiger partial charge in [0.15, 0.2) is 11.6 Å². The average molecular weight is 730 g/mol. The molecule has 4 aromatic heterocycles. The minimum absolute atomic E-state index is 0.558. The summed E-state index contributed by atoms with van der Waals surface area (Å²) in [4.78, 5) is 15.9. The van der Waals surface area contributed by atoms with Gasteiger partial charge in [0.05, 0.1) is 27.8 Å². The Bertz CT molecular complexity index is 3430. The Hall–Kier alpha value is -7.83. The predicted molar refractivity (Wildman–Crippen MR) is 232 cm³/mol. The largest absolute Gasteiger partial charge is 0.456 e. The Morgan fingerprint density at radius 3 is 1.46 bits per heavy atom. The third-order valence-corrected chi connectivity index (χ3v) is 11.2. The number of fused-ring (bicyclic) bond motifs is 9. The van der Waals surface area contributed by atoms with Crippen LogP contribution in [0.25, 0.3) is 111 Å². The molecule has 0 amide bonds. The molecule has 0 saturated carbocycles. The van der Waals surface area contributed by atoms with Gasteiger partial charge in [-0.15, -0.1) is 0 Å². The number of hydrogen-bond donors (Lipinski definition) is 0. The van der Waals surface area contributed by atoms with Gasteiger partial charge in [-0.3, -0.25) is 4.57 Å². The van der Waals surface area contributed by atoms with Gasteiger partial charge in [-0.2, -0.15) is 9.97 Å². The molecule has 0 atom stereocenters. The second-order valence-electron chi connectivity index (χ2n) is 14.4. The molecule has 6 nitrogen and oxygen atoms in total. The molecule has 0 fully saturated rings. The van der Waals surface area contributed by atoms with Crippen molar-refractivity contribution in [2.24, 2.45) is 0 Å². The highest BCUT2D eigenvalue weighted by atomic mass is 16.3. The second-order valence-corrected chi connectivity index (χ2v) is 14.4. The second kappa shape index (κ2) is 12.3. The highest BCUT2D eigenvalue weighted by molar-refractivity contribution is 6.13. The fraction of sp³-hybridized carbons (Fsp3) is 0. The summed E-state index contributed by atoms with van der Waals surface area (Å²) in [7, 11) is 0. The highest BCUT2D eigenvalue weighted by Gasteiger charge is 2.21. The minimum Gasteiger partial charge on any atom is -0.456 e. The van der Waals surface area contributed by atoms with Gasteiger partial charge in [-0.1, -0.05) is 140 Å². The van der Waals surface area contributed by atoms with Crippen LogP contribution in [-0.4, -0.2) is 24.1 Å². The van der Waals surface area contributed by atoms with Crippen molar-refractivity contribution in [2.45, 2.75) is 0 Å². The molecule has 12 rings (SSSR count). The van der Waals surface area contributed by atoms with E-state index in [2.05, 4.69) is 179 Å². The molecule has 0 N–H and O–H groups in total. The summed E-state index contributed by atoms with van der Waals surface area (Å²) in [5, 5.41) is 6.90. The molecule has 0 unspecified atom stereocenters. The van der Waals surface area contributed by atoms with Crippen molar-refractivity contribution in [1.29, 1.82) is 0 Å². The summed E-state index contributed by atoms with van der Waals surface area (Å²) in [6.07, 6.45) is 0. The molecule has 0 bridgehead atoms. The van der Waals surface area contributed by atoms with Crippen LogP contribution in [0.5, 0.6) is 0 Å². The van der Waals surface area contributed by atoms with Gasteiger partial charge in [0, 0.05) is 43.4 Å². The molecule has 0 aliphatic carbocycles. The predicted octanol–water partition coefficient (Wildman–Crippen LogP) is 13.0. The van der Waals surface area contributed by atoms with Gasteiger partial charge in [0.1, 0.15) is 11.2 Å². The van der Waals surface area contributed by atoms with Gasteiger partial charge in [0.25, 0.3) is 0 Å². The van der Waals surface area contributed by atoms with Crippen molar-refractivity contribution in [1.82, 2.24) is 24.1 Å². The van der Waals surface area contributed by atoms with Crippen molar-refractivity contribution in [3.05, 3.63) is 188 Å². The standard InChI is InChI=1S/C51H31N5O/c1-7-21-41-35(14-1)36-15-2-8-22-42(36)55(41)45-25-11-5-18-39(45)50-52-49(53-51(54-50)56-43-23-9-3-16-37(43)38-17-4-10-24-44(38)56)33-30-28-32(29-31-33)34-20-13-27-47-48(34)40-19-6-12-26-46(40)57-47/h1-31H. The Balaban J connectivity index is 1.09. The monoisotopic (exact) mass is 729 g/mol. The van der Waals surface area contributed by atoms with E-state index >= 15 is 0 Å². The van der Waals surface area contributed by atoms with Gasteiger partial charge in [0.2, 0.25) is 5.95 Å². The van der Waals surface area contributed by atoms with E-state index in [1.54, 1.807) is 0 Å². The first kappa shape index (κ1) is 31.5. The molecular weight excluding hydrogens is 699 g/mol. The van der Waals surface area contributed by atoms with E-state index in [-0.39, 0.29) is 0 Å². The number of nitrogens with zero attached hydrogens (tertiary/aromatic N) is 5. The third kappa shape index (κ3) is 4.81. The lowest BCUT2D eigenvalue weighted by molar-refractivity contribution is 0.669. The van der Waals surface area contributed by atoms with Crippen molar-refractivity contribution in [3.8, 4) is 45.5 Å². The molecule has 6 heteroatoms. The summed E-state index contributed by atoms with van der Waals surface area (Å²) in [5.41, 5.74) is 11.1. The zero-order valence-corrected chi connectivity index (χ0v) is 30.5. The van der Waals surface area contributed by atoms with Crippen LogP contribution < -0.4 is 0 Å². The maximum absolute atomic E-state index is 6.23. The highest BCUT2D eigenvalue weighted by Crippen LogP contribution is 2.39. The van der Waals surface area contributed by atoms with Crippen LogP contribution in [-0.2, 0) is 0 Å². The molecule has 0 spiro atoms. The van der Waals surface area contributed by atoms with E-state index < -0.39 is 0 Å². The van der Waals surface area contributed by atoms with E-state index in [4.69, 9.17) is 19.4 Å². The number of hydrogen-bond acceptors (Lipinski definition) is 4. The third-order valence-electron chi connectivity index (χ3n) is 11.2. The van der Waals surface area contributed by atoms with Crippen LogP contribution >= 0.6 is 0 Å². The van der Waals surface area contributed by atoms with Gasteiger partial charge in [-0.25, -0.2) is 4.98 Å². The molecule has 8 aromatic carbocycles. The van der Waals surface area contributed by atoms with E-state index in [0.717, 1.165) is 82.7 Å². The van der Waals surface area contributed by atoms with Crippen LogP contribution in [0.1, 0.15) is 0 Å². The number of rotatable bonds is 5. The Kier molecular flexibility index (Phi) is 6.83. The quantitative estimate of drug-likeness (QED) is 0.177. The molecule has 12 aromatic rings. The van der Waals surface area contributed by atoms with E-state index in [1.165, 1.54) is 10.8 Å². The maximum Gasteiger partial charge on any atom is 0.238 e. The summed E-state index contributed by atoms with van der Waals surface area (Å²) >= 11 is 0. The van der Waals surface area contributed by atoms with Crippen molar-refractivity contribution in [3.63, 3.8) is 0 Å². The van der Waals surface area contributed by atoms with Crippen molar-refractivity contribution < 1.29 is 4.42 Å². The Morgan fingerprint density at radius 1 is 0.333 bits per heavy atom. The molecule has 0 saturated heterocycles. The van der Waals surface area contributed by atoms with Gasteiger partial charge < -0.3 is 8.98 Å². The first-order valence-electron chi connectivity index (χ1n) is 19.1. The van der Waals surface area contributed by atoms with Crippen LogP contribution in [0.4, 0.5) is 0 Å². The zero-order valence-electron chi connectivity index (χ0n) is 30.5. The fourth-order valence-corrected chi connectivity index (χ4v) is 8.71. The average Bonchev–Trinajstić information content (AvgIpc) is 3.94. The molecular formula is C51H31N5O. The van der Waals surface area contributed by atoms with E-state index in [1.807, 2.05) is 18.2 Å². The molecule has 0 aliphatic rings. The minimum atomic E-state index is 0.558. The van der Waals surface area contributed by atoms with Crippen molar-refractivity contribution in [2.75, 3.05) is 0 Å². The molecule has 4 heterocycles. The summed E-state index contributed by atoms with van der Waals surface area (Å²) in [6.45, 7) is 0. The number of benzene rings is 8. The lowest BCUT2D eigenvalue weighted by atomic mass is 9.98.